The lowest BCUT2D eigenvalue weighted by Gasteiger charge is -2.23. The molecule has 0 aliphatic carbocycles. The predicted octanol–water partition coefficient (Wildman–Crippen LogP) is 2.86. The Morgan fingerprint density at radius 1 is 1.24 bits per heavy atom. The second kappa shape index (κ2) is 6.42. The van der Waals surface area contributed by atoms with Crippen molar-refractivity contribution in [3.63, 3.8) is 0 Å². The van der Waals surface area contributed by atoms with Gasteiger partial charge in [0, 0.05) is 18.5 Å². The zero-order valence-corrected chi connectivity index (χ0v) is 11.3. The van der Waals surface area contributed by atoms with Gasteiger partial charge in [-0.15, -0.1) is 0 Å². The van der Waals surface area contributed by atoms with Crippen LogP contribution in [-0.4, -0.2) is 16.0 Å². The van der Waals surface area contributed by atoms with E-state index in [2.05, 4.69) is 36.1 Å². The third kappa shape index (κ3) is 3.88. The highest BCUT2D eigenvalue weighted by atomic mass is 15.1. The summed E-state index contributed by atoms with van der Waals surface area (Å²) in [6.45, 7) is 8.67. The third-order valence-corrected chi connectivity index (χ3v) is 3.24. The van der Waals surface area contributed by atoms with Crippen LogP contribution in [0.5, 0.6) is 0 Å². The van der Waals surface area contributed by atoms with Gasteiger partial charge in [-0.2, -0.15) is 0 Å². The topological polar surface area (TPSA) is 63.8 Å². The number of nitrogens with two attached hydrogens (primary N) is 1. The van der Waals surface area contributed by atoms with Crippen molar-refractivity contribution >= 4 is 11.6 Å². The van der Waals surface area contributed by atoms with Crippen molar-refractivity contribution in [3.8, 4) is 0 Å². The van der Waals surface area contributed by atoms with Crippen LogP contribution in [0.1, 0.15) is 46.4 Å². The van der Waals surface area contributed by atoms with Crippen LogP contribution in [0.2, 0.25) is 0 Å². The van der Waals surface area contributed by atoms with Crippen molar-refractivity contribution in [2.45, 2.75) is 53.0 Å². The molecule has 3 N–H and O–H groups in total. The molecule has 0 amide bonds. The molecule has 1 heterocycles. The van der Waals surface area contributed by atoms with Crippen LogP contribution in [0.3, 0.4) is 0 Å². The average molecular weight is 236 g/mol. The van der Waals surface area contributed by atoms with Gasteiger partial charge in [-0.3, -0.25) is 0 Å². The van der Waals surface area contributed by atoms with Crippen LogP contribution in [0.15, 0.2) is 6.07 Å². The summed E-state index contributed by atoms with van der Waals surface area (Å²) in [7, 11) is 0. The molecule has 0 bridgehead atoms. The molecule has 1 aromatic heterocycles. The van der Waals surface area contributed by atoms with Crippen LogP contribution in [-0.2, 0) is 6.42 Å². The monoisotopic (exact) mass is 236 g/mol. The molecule has 0 fully saturated rings. The molecule has 0 aromatic carbocycles. The van der Waals surface area contributed by atoms with Gasteiger partial charge in [0.05, 0.1) is 0 Å². The van der Waals surface area contributed by atoms with Gasteiger partial charge in [0.2, 0.25) is 0 Å². The summed E-state index contributed by atoms with van der Waals surface area (Å²) in [5, 5.41) is 3.43. The van der Waals surface area contributed by atoms with Gasteiger partial charge in [-0.1, -0.05) is 33.6 Å². The van der Waals surface area contributed by atoms with E-state index in [0.717, 1.165) is 18.1 Å². The van der Waals surface area contributed by atoms with Gasteiger partial charge in [-0.05, 0) is 12.8 Å². The number of anilines is 2. The van der Waals surface area contributed by atoms with E-state index in [1.807, 2.05) is 6.92 Å². The molecule has 0 radical (unpaired) electrons. The van der Waals surface area contributed by atoms with Gasteiger partial charge in [0.25, 0.3) is 0 Å². The summed E-state index contributed by atoms with van der Waals surface area (Å²) in [6.07, 6.45) is 3.15. The van der Waals surface area contributed by atoms with Crippen LogP contribution >= 0.6 is 0 Å². The highest BCUT2D eigenvalue weighted by Gasteiger charge is 2.14. The van der Waals surface area contributed by atoms with E-state index < -0.39 is 0 Å². The summed E-state index contributed by atoms with van der Waals surface area (Å²) in [5.41, 5.74) is 5.76. The Morgan fingerprint density at radius 3 is 2.41 bits per heavy atom. The highest BCUT2D eigenvalue weighted by Crippen LogP contribution is 2.18. The molecule has 1 rings (SSSR count). The predicted molar refractivity (Wildman–Crippen MR) is 73.0 cm³/mol. The fourth-order valence-corrected chi connectivity index (χ4v) is 2.10. The normalized spacial score (nSPS) is 12.8. The van der Waals surface area contributed by atoms with Crippen LogP contribution < -0.4 is 11.1 Å². The molecule has 4 nitrogen and oxygen atoms in total. The van der Waals surface area contributed by atoms with E-state index in [0.29, 0.717) is 17.8 Å². The van der Waals surface area contributed by atoms with Crippen LogP contribution in [0.4, 0.5) is 11.6 Å². The summed E-state index contributed by atoms with van der Waals surface area (Å²) >= 11 is 0. The maximum atomic E-state index is 5.76. The van der Waals surface area contributed by atoms with Gasteiger partial charge in [0.15, 0.2) is 0 Å². The largest absolute Gasteiger partial charge is 0.384 e. The van der Waals surface area contributed by atoms with Crippen molar-refractivity contribution in [2.75, 3.05) is 11.1 Å². The zero-order valence-electron chi connectivity index (χ0n) is 11.3. The number of nitrogens with zero attached hydrogens (tertiary/aromatic N) is 2. The molecular weight excluding hydrogens is 212 g/mol. The minimum absolute atomic E-state index is 0.406. The van der Waals surface area contributed by atoms with E-state index in [1.54, 1.807) is 6.07 Å². The summed E-state index contributed by atoms with van der Waals surface area (Å²) < 4.78 is 0. The van der Waals surface area contributed by atoms with Gasteiger partial charge >= 0.3 is 0 Å². The summed E-state index contributed by atoms with van der Waals surface area (Å²) in [5.74, 6) is 2.84. The molecule has 0 aliphatic rings. The molecule has 0 aliphatic heterocycles. The quantitative estimate of drug-likeness (QED) is 0.797. The second-order valence-electron chi connectivity index (χ2n) is 4.46. The summed E-state index contributed by atoms with van der Waals surface area (Å²) in [4.78, 5) is 8.61. The number of nitrogen functional groups attached to an aromatic ring is 1. The Bertz CT molecular complexity index is 347. The van der Waals surface area contributed by atoms with Crippen molar-refractivity contribution in [2.24, 2.45) is 5.92 Å². The van der Waals surface area contributed by atoms with E-state index in [4.69, 9.17) is 5.73 Å². The first-order chi connectivity index (χ1) is 8.10. The Morgan fingerprint density at radius 2 is 1.88 bits per heavy atom. The molecule has 1 atom stereocenters. The molecule has 96 valence electrons. The minimum Gasteiger partial charge on any atom is -0.384 e. The fraction of sp³-hybridized carbons (Fsp3) is 0.692. The number of hydrogen-bond acceptors (Lipinski definition) is 4. The Labute approximate surface area is 104 Å². The molecule has 1 aromatic rings. The molecule has 0 saturated heterocycles. The lowest BCUT2D eigenvalue weighted by Crippen LogP contribution is -2.25. The van der Waals surface area contributed by atoms with E-state index >= 15 is 0 Å². The smallest absolute Gasteiger partial charge is 0.132 e. The van der Waals surface area contributed by atoms with Crippen molar-refractivity contribution in [1.82, 2.24) is 9.97 Å². The van der Waals surface area contributed by atoms with Crippen molar-refractivity contribution in [1.29, 1.82) is 0 Å². The standard InChI is InChI=1S/C13H24N4/c1-5-10(6-2)9(4)15-13-8-11(14)16-12(7-3)17-13/h8-10H,5-7H2,1-4H3,(H3,14,15,16,17). The number of aryl methyl sites for hydroxylation is 1. The van der Waals surface area contributed by atoms with Gasteiger partial charge in [-0.25, -0.2) is 9.97 Å². The first-order valence-corrected chi connectivity index (χ1v) is 6.50. The molecule has 0 saturated carbocycles. The highest BCUT2D eigenvalue weighted by molar-refractivity contribution is 5.45. The van der Waals surface area contributed by atoms with E-state index in [-0.39, 0.29) is 0 Å². The number of aromatic nitrogens is 2. The zero-order chi connectivity index (χ0) is 12.8. The minimum atomic E-state index is 0.406. The maximum absolute atomic E-state index is 5.76. The lowest BCUT2D eigenvalue weighted by molar-refractivity contribution is 0.437. The Hall–Kier alpha value is -1.32. The van der Waals surface area contributed by atoms with Gasteiger partial charge in [0.1, 0.15) is 17.5 Å². The van der Waals surface area contributed by atoms with Gasteiger partial charge < -0.3 is 11.1 Å². The Balaban J connectivity index is 2.76. The molecule has 17 heavy (non-hydrogen) atoms. The first kappa shape index (κ1) is 13.7. The Kier molecular flexibility index (Phi) is 5.19. The molecule has 4 heteroatoms. The number of hydrogen-bond donors (Lipinski definition) is 2. The lowest BCUT2D eigenvalue weighted by atomic mass is 9.95. The number of rotatable bonds is 6. The van der Waals surface area contributed by atoms with Crippen molar-refractivity contribution < 1.29 is 0 Å². The third-order valence-electron chi connectivity index (χ3n) is 3.24. The summed E-state index contributed by atoms with van der Waals surface area (Å²) in [6, 6.07) is 2.21. The molecule has 0 spiro atoms. The number of nitrogens with one attached hydrogen (secondary N) is 1. The van der Waals surface area contributed by atoms with E-state index in [1.165, 1.54) is 12.8 Å². The second-order valence-corrected chi connectivity index (χ2v) is 4.46. The first-order valence-electron chi connectivity index (χ1n) is 6.50. The fourth-order valence-electron chi connectivity index (χ4n) is 2.10. The maximum Gasteiger partial charge on any atom is 0.132 e. The van der Waals surface area contributed by atoms with Crippen LogP contribution in [0, 0.1) is 5.92 Å². The van der Waals surface area contributed by atoms with Crippen molar-refractivity contribution in [3.05, 3.63) is 11.9 Å². The SMILES string of the molecule is CCc1nc(N)cc(NC(C)C(CC)CC)n1. The van der Waals surface area contributed by atoms with E-state index in [9.17, 15) is 0 Å². The molecular formula is C13H24N4. The van der Waals surface area contributed by atoms with Crippen LogP contribution in [0.25, 0.3) is 0 Å². The molecule has 1 unspecified atom stereocenters. The average Bonchev–Trinajstić information content (AvgIpc) is 2.29.